The van der Waals surface area contributed by atoms with Crippen LogP contribution in [0.2, 0.25) is 0 Å². The normalized spacial score (nSPS) is 16.9. The Morgan fingerprint density at radius 2 is 2.10 bits per heavy atom. The van der Waals surface area contributed by atoms with E-state index in [4.69, 9.17) is 0 Å². The van der Waals surface area contributed by atoms with Crippen LogP contribution in [0.3, 0.4) is 0 Å². The SMILES string of the molecule is CCSc1cccc(NCC2(SC)CCCC2)c1C#N. The van der Waals surface area contributed by atoms with Crippen LogP contribution in [0.15, 0.2) is 23.1 Å². The van der Waals surface area contributed by atoms with Crippen molar-refractivity contribution in [2.24, 2.45) is 0 Å². The molecule has 1 aliphatic carbocycles. The Morgan fingerprint density at radius 3 is 2.70 bits per heavy atom. The van der Waals surface area contributed by atoms with Gasteiger partial charge in [0.2, 0.25) is 0 Å². The maximum absolute atomic E-state index is 9.43. The third-order valence-corrected chi connectivity index (χ3v) is 6.35. The predicted octanol–water partition coefficient (Wildman–Crippen LogP) is 4.76. The van der Waals surface area contributed by atoms with Gasteiger partial charge in [-0.05, 0) is 37.0 Å². The first kappa shape index (κ1) is 15.6. The Hall–Kier alpha value is -0.790. The van der Waals surface area contributed by atoms with E-state index in [-0.39, 0.29) is 0 Å². The van der Waals surface area contributed by atoms with Crippen LogP contribution < -0.4 is 5.32 Å². The minimum Gasteiger partial charge on any atom is -0.383 e. The number of hydrogen-bond donors (Lipinski definition) is 1. The van der Waals surface area contributed by atoms with E-state index in [9.17, 15) is 5.26 Å². The highest BCUT2D eigenvalue weighted by molar-refractivity contribution is 8.00. The van der Waals surface area contributed by atoms with Crippen LogP contribution in [-0.4, -0.2) is 23.3 Å². The molecule has 0 aliphatic heterocycles. The molecule has 1 fully saturated rings. The standard InChI is InChI=1S/C16H22N2S2/c1-3-20-15-8-6-7-14(13(15)11-17)18-12-16(19-2)9-4-5-10-16/h6-8,18H,3-5,9-10,12H2,1-2H3. The first-order valence-corrected chi connectivity index (χ1v) is 9.40. The van der Waals surface area contributed by atoms with Crippen LogP contribution in [0.1, 0.15) is 38.2 Å². The summed E-state index contributed by atoms with van der Waals surface area (Å²) in [4.78, 5) is 1.09. The maximum atomic E-state index is 9.43. The van der Waals surface area contributed by atoms with Gasteiger partial charge >= 0.3 is 0 Å². The largest absolute Gasteiger partial charge is 0.383 e. The monoisotopic (exact) mass is 306 g/mol. The second-order valence-electron chi connectivity index (χ2n) is 5.17. The van der Waals surface area contributed by atoms with E-state index in [0.717, 1.165) is 28.4 Å². The van der Waals surface area contributed by atoms with Crippen molar-refractivity contribution in [3.05, 3.63) is 23.8 Å². The second-order valence-corrected chi connectivity index (χ2v) is 7.75. The zero-order valence-corrected chi connectivity index (χ0v) is 13.9. The summed E-state index contributed by atoms with van der Waals surface area (Å²) in [7, 11) is 0. The Kier molecular flexibility index (Phi) is 5.68. The molecular formula is C16H22N2S2. The fraction of sp³-hybridized carbons (Fsp3) is 0.562. The average Bonchev–Trinajstić information content (AvgIpc) is 2.95. The van der Waals surface area contributed by atoms with E-state index >= 15 is 0 Å². The summed E-state index contributed by atoms with van der Waals surface area (Å²) >= 11 is 3.71. The molecule has 0 amide bonds. The van der Waals surface area contributed by atoms with Gasteiger partial charge < -0.3 is 5.32 Å². The molecule has 0 unspecified atom stereocenters. The van der Waals surface area contributed by atoms with Crippen LogP contribution in [-0.2, 0) is 0 Å². The summed E-state index contributed by atoms with van der Waals surface area (Å²) in [5.41, 5.74) is 1.79. The molecule has 1 aliphatic rings. The number of benzene rings is 1. The van der Waals surface area contributed by atoms with Gasteiger partial charge in [-0.2, -0.15) is 17.0 Å². The first-order chi connectivity index (χ1) is 9.74. The van der Waals surface area contributed by atoms with E-state index in [2.05, 4.69) is 24.6 Å². The third kappa shape index (κ3) is 3.45. The summed E-state index contributed by atoms with van der Waals surface area (Å²) in [5, 5.41) is 13.0. The zero-order valence-electron chi connectivity index (χ0n) is 12.2. The lowest BCUT2D eigenvalue weighted by Gasteiger charge is -2.27. The highest BCUT2D eigenvalue weighted by Gasteiger charge is 2.32. The predicted molar refractivity (Wildman–Crippen MR) is 90.8 cm³/mol. The number of thioether (sulfide) groups is 2. The maximum Gasteiger partial charge on any atom is 0.102 e. The minimum absolute atomic E-state index is 0.362. The van der Waals surface area contributed by atoms with Crippen molar-refractivity contribution in [3.63, 3.8) is 0 Å². The number of rotatable bonds is 6. The van der Waals surface area contributed by atoms with E-state index in [1.807, 2.05) is 30.0 Å². The molecule has 1 saturated carbocycles. The second kappa shape index (κ2) is 7.28. The van der Waals surface area contributed by atoms with Crippen molar-refractivity contribution in [1.82, 2.24) is 0 Å². The summed E-state index contributed by atoms with van der Waals surface area (Å²) < 4.78 is 0.362. The van der Waals surface area contributed by atoms with Crippen LogP contribution in [0.4, 0.5) is 5.69 Å². The van der Waals surface area contributed by atoms with Crippen molar-refractivity contribution in [1.29, 1.82) is 5.26 Å². The molecule has 2 nitrogen and oxygen atoms in total. The van der Waals surface area contributed by atoms with Gasteiger partial charge in [-0.3, -0.25) is 0 Å². The van der Waals surface area contributed by atoms with Crippen LogP contribution >= 0.6 is 23.5 Å². The van der Waals surface area contributed by atoms with Crippen molar-refractivity contribution in [2.45, 2.75) is 42.2 Å². The number of anilines is 1. The van der Waals surface area contributed by atoms with Gasteiger partial charge in [-0.25, -0.2) is 0 Å². The molecule has 0 bridgehead atoms. The number of hydrogen-bond acceptors (Lipinski definition) is 4. The summed E-state index contributed by atoms with van der Waals surface area (Å²) in [6, 6.07) is 8.48. The topological polar surface area (TPSA) is 35.8 Å². The quantitative estimate of drug-likeness (QED) is 0.769. The molecule has 2 rings (SSSR count). The molecule has 0 spiro atoms. The Morgan fingerprint density at radius 1 is 1.35 bits per heavy atom. The lowest BCUT2D eigenvalue weighted by Crippen LogP contribution is -2.30. The number of nitrogens with one attached hydrogen (secondary N) is 1. The highest BCUT2D eigenvalue weighted by Crippen LogP contribution is 2.40. The molecule has 0 atom stereocenters. The molecule has 0 heterocycles. The smallest absolute Gasteiger partial charge is 0.102 e. The van der Waals surface area contributed by atoms with Crippen LogP contribution in [0.5, 0.6) is 0 Å². The average molecular weight is 306 g/mol. The molecular weight excluding hydrogens is 284 g/mol. The van der Waals surface area contributed by atoms with Crippen molar-refractivity contribution >= 4 is 29.2 Å². The van der Waals surface area contributed by atoms with E-state index in [1.165, 1.54) is 25.7 Å². The Balaban J connectivity index is 2.13. The van der Waals surface area contributed by atoms with Gasteiger partial charge in [0.25, 0.3) is 0 Å². The summed E-state index contributed by atoms with van der Waals surface area (Å²) in [6.07, 6.45) is 7.44. The summed E-state index contributed by atoms with van der Waals surface area (Å²) in [6.45, 7) is 3.08. The summed E-state index contributed by atoms with van der Waals surface area (Å²) in [5.74, 6) is 0.993. The molecule has 0 radical (unpaired) electrons. The molecule has 4 heteroatoms. The lowest BCUT2D eigenvalue weighted by molar-refractivity contribution is 0.640. The van der Waals surface area contributed by atoms with Gasteiger partial charge in [0, 0.05) is 16.2 Å². The molecule has 1 aromatic rings. The lowest BCUT2D eigenvalue weighted by atomic mass is 10.1. The van der Waals surface area contributed by atoms with E-state index in [1.54, 1.807) is 11.8 Å². The van der Waals surface area contributed by atoms with E-state index in [0.29, 0.717) is 4.75 Å². The van der Waals surface area contributed by atoms with Gasteiger partial charge in [0.15, 0.2) is 0 Å². The van der Waals surface area contributed by atoms with Crippen molar-refractivity contribution < 1.29 is 0 Å². The number of nitrogens with zero attached hydrogens (tertiary/aromatic N) is 1. The number of nitriles is 1. The molecule has 20 heavy (non-hydrogen) atoms. The van der Waals surface area contributed by atoms with Crippen molar-refractivity contribution in [3.8, 4) is 6.07 Å². The molecule has 1 N–H and O–H groups in total. The highest BCUT2D eigenvalue weighted by atomic mass is 32.2. The van der Waals surface area contributed by atoms with Crippen LogP contribution in [0, 0.1) is 11.3 Å². The molecule has 0 aromatic heterocycles. The van der Waals surface area contributed by atoms with Gasteiger partial charge in [-0.1, -0.05) is 25.8 Å². The fourth-order valence-electron chi connectivity index (χ4n) is 2.80. The van der Waals surface area contributed by atoms with Crippen LogP contribution in [0.25, 0.3) is 0 Å². The Labute approximate surface area is 130 Å². The first-order valence-electron chi connectivity index (χ1n) is 7.19. The van der Waals surface area contributed by atoms with Gasteiger partial charge in [0.1, 0.15) is 6.07 Å². The minimum atomic E-state index is 0.362. The molecule has 1 aromatic carbocycles. The van der Waals surface area contributed by atoms with Crippen molar-refractivity contribution in [2.75, 3.05) is 23.9 Å². The van der Waals surface area contributed by atoms with Gasteiger partial charge in [0.05, 0.1) is 11.3 Å². The Bertz CT molecular complexity index is 488. The molecule has 0 saturated heterocycles. The van der Waals surface area contributed by atoms with E-state index < -0.39 is 0 Å². The zero-order chi connectivity index (χ0) is 14.4. The van der Waals surface area contributed by atoms with Gasteiger partial charge in [-0.15, -0.1) is 11.8 Å². The fourth-order valence-corrected chi connectivity index (χ4v) is 4.50. The third-order valence-electron chi connectivity index (χ3n) is 3.99. The molecule has 108 valence electrons.